The van der Waals surface area contributed by atoms with Gasteiger partial charge in [-0.1, -0.05) is 30.3 Å². The second-order valence-corrected chi connectivity index (χ2v) is 6.89. The van der Waals surface area contributed by atoms with Crippen molar-refractivity contribution in [2.75, 3.05) is 6.54 Å². The number of rotatable bonds is 5. The van der Waals surface area contributed by atoms with Crippen molar-refractivity contribution in [3.8, 4) is 0 Å². The summed E-state index contributed by atoms with van der Waals surface area (Å²) in [5.41, 5.74) is 3.50. The molecule has 0 aliphatic rings. The molecule has 0 saturated heterocycles. The molecule has 0 fully saturated rings. The minimum atomic E-state index is -0.184. The minimum absolute atomic E-state index is 0.00570. The fourth-order valence-corrected chi connectivity index (χ4v) is 3.59. The van der Waals surface area contributed by atoms with Gasteiger partial charge in [0, 0.05) is 23.1 Å². The van der Waals surface area contributed by atoms with Crippen molar-refractivity contribution >= 4 is 27.7 Å². The van der Waals surface area contributed by atoms with Crippen LogP contribution in [0.1, 0.15) is 24.0 Å². The summed E-state index contributed by atoms with van der Waals surface area (Å²) >= 11 is 0. The highest BCUT2D eigenvalue weighted by molar-refractivity contribution is 5.90. The summed E-state index contributed by atoms with van der Waals surface area (Å²) in [5, 5.41) is 1.62. The van der Waals surface area contributed by atoms with Crippen molar-refractivity contribution in [1.82, 2.24) is 19.9 Å². The summed E-state index contributed by atoms with van der Waals surface area (Å²) in [7, 11) is 0. The first-order valence-electron chi connectivity index (χ1n) is 9.38. The molecule has 0 unspecified atom stereocenters. The van der Waals surface area contributed by atoms with Gasteiger partial charge in [0.2, 0.25) is 5.91 Å². The lowest BCUT2D eigenvalue weighted by molar-refractivity contribution is -0.131. The van der Waals surface area contributed by atoms with Gasteiger partial charge in [-0.3, -0.25) is 9.59 Å². The van der Waals surface area contributed by atoms with E-state index < -0.39 is 0 Å². The monoisotopic (exact) mass is 374 g/mol. The molecule has 2 N–H and O–H groups in total. The Morgan fingerprint density at radius 2 is 1.75 bits per heavy atom. The van der Waals surface area contributed by atoms with Gasteiger partial charge in [-0.25, -0.2) is 4.98 Å². The standard InChI is InChI=1S/C22H22N4O2/c1-3-26(13-20-24-19-11-7-5-9-16(19)22(28)25-20)21(27)12-17-14(2)23-18-10-6-4-8-15(17)18/h4-11,23H,3,12-13H2,1-2H3,(H,24,25,28). The van der Waals surface area contributed by atoms with E-state index >= 15 is 0 Å². The Balaban J connectivity index is 1.59. The van der Waals surface area contributed by atoms with Gasteiger partial charge in [-0.05, 0) is 37.6 Å². The van der Waals surface area contributed by atoms with Crippen LogP contribution in [0.4, 0.5) is 0 Å². The minimum Gasteiger partial charge on any atom is -0.358 e. The van der Waals surface area contributed by atoms with Crippen LogP contribution in [0, 0.1) is 6.92 Å². The number of hydrogen-bond acceptors (Lipinski definition) is 3. The summed E-state index contributed by atoms with van der Waals surface area (Å²) in [4.78, 5) is 37.6. The Morgan fingerprint density at radius 1 is 1.04 bits per heavy atom. The highest BCUT2D eigenvalue weighted by Gasteiger charge is 2.18. The molecule has 6 nitrogen and oxygen atoms in total. The van der Waals surface area contributed by atoms with E-state index in [2.05, 4.69) is 15.0 Å². The van der Waals surface area contributed by atoms with Crippen LogP contribution in [0.2, 0.25) is 0 Å². The van der Waals surface area contributed by atoms with Crippen molar-refractivity contribution in [2.24, 2.45) is 0 Å². The van der Waals surface area contributed by atoms with Crippen molar-refractivity contribution in [3.05, 3.63) is 76.0 Å². The number of hydrogen-bond donors (Lipinski definition) is 2. The van der Waals surface area contributed by atoms with Crippen LogP contribution in [0.25, 0.3) is 21.8 Å². The zero-order valence-electron chi connectivity index (χ0n) is 16.0. The molecule has 0 aliphatic carbocycles. The lowest BCUT2D eigenvalue weighted by Gasteiger charge is -2.20. The Hall–Kier alpha value is -3.41. The first kappa shape index (κ1) is 18.0. The van der Waals surface area contributed by atoms with Gasteiger partial charge in [0.25, 0.3) is 5.56 Å². The third kappa shape index (κ3) is 3.29. The van der Waals surface area contributed by atoms with E-state index in [-0.39, 0.29) is 18.0 Å². The van der Waals surface area contributed by atoms with Crippen molar-refractivity contribution in [3.63, 3.8) is 0 Å². The summed E-state index contributed by atoms with van der Waals surface area (Å²) in [5.74, 6) is 0.501. The van der Waals surface area contributed by atoms with E-state index in [0.717, 1.165) is 22.2 Å². The quantitative estimate of drug-likeness (QED) is 0.562. The van der Waals surface area contributed by atoms with Crippen LogP contribution >= 0.6 is 0 Å². The van der Waals surface area contributed by atoms with E-state index in [4.69, 9.17) is 0 Å². The molecule has 0 radical (unpaired) electrons. The van der Waals surface area contributed by atoms with Gasteiger partial charge in [0.1, 0.15) is 5.82 Å². The average Bonchev–Trinajstić information content (AvgIpc) is 3.01. The molecule has 2 aromatic heterocycles. The second kappa shape index (κ2) is 7.31. The Morgan fingerprint density at radius 3 is 2.54 bits per heavy atom. The highest BCUT2D eigenvalue weighted by Crippen LogP contribution is 2.23. The molecule has 0 spiro atoms. The molecule has 0 bridgehead atoms. The number of fused-ring (bicyclic) bond motifs is 2. The van der Waals surface area contributed by atoms with E-state index in [1.54, 1.807) is 11.0 Å². The summed E-state index contributed by atoms with van der Waals surface area (Å²) in [6, 6.07) is 15.2. The zero-order valence-corrected chi connectivity index (χ0v) is 16.0. The van der Waals surface area contributed by atoms with Crippen molar-refractivity contribution in [2.45, 2.75) is 26.8 Å². The van der Waals surface area contributed by atoms with Crippen LogP contribution in [0.3, 0.4) is 0 Å². The number of H-pyrrole nitrogens is 2. The third-order valence-corrected chi connectivity index (χ3v) is 5.09. The van der Waals surface area contributed by atoms with Crippen LogP contribution in [-0.4, -0.2) is 32.3 Å². The fraction of sp³-hybridized carbons (Fsp3) is 0.227. The molecule has 6 heteroatoms. The van der Waals surface area contributed by atoms with Crippen LogP contribution < -0.4 is 5.56 Å². The van der Waals surface area contributed by atoms with E-state index in [1.807, 2.05) is 56.3 Å². The van der Waals surface area contributed by atoms with Gasteiger partial charge in [-0.2, -0.15) is 0 Å². The molecule has 4 aromatic rings. The molecule has 2 heterocycles. The molecular weight excluding hydrogens is 352 g/mol. The maximum absolute atomic E-state index is 13.0. The topological polar surface area (TPSA) is 81.8 Å². The maximum atomic E-state index is 13.0. The molecule has 0 aliphatic heterocycles. The van der Waals surface area contributed by atoms with E-state index in [0.29, 0.717) is 29.7 Å². The maximum Gasteiger partial charge on any atom is 0.258 e. The molecule has 0 saturated carbocycles. The molecule has 2 aromatic carbocycles. The number of carbonyl (C=O) groups excluding carboxylic acids is 1. The normalized spacial score (nSPS) is 11.2. The number of amides is 1. The SMILES string of the molecule is CCN(Cc1nc2ccccc2c(=O)[nH]1)C(=O)Cc1c(C)[nH]c2ccccc12. The Kier molecular flexibility index (Phi) is 4.69. The van der Waals surface area contributed by atoms with Gasteiger partial charge in [0.15, 0.2) is 0 Å². The van der Waals surface area contributed by atoms with Crippen LogP contribution in [0.5, 0.6) is 0 Å². The van der Waals surface area contributed by atoms with Gasteiger partial charge < -0.3 is 14.9 Å². The molecular formula is C22H22N4O2. The third-order valence-electron chi connectivity index (χ3n) is 5.09. The summed E-state index contributed by atoms with van der Waals surface area (Å²) in [6.07, 6.45) is 0.307. The number of likely N-dealkylation sites (N-methyl/N-ethyl adjacent to an activating group) is 1. The smallest absolute Gasteiger partial charge is 0.258 e. The second-order valence-electron chi connectivity index (χ2n) is 6.89. The van der Waals surface area contributed by atoms with Crippen LogP contribution in [0.15, 0.2) is 53.3 Å². The Labute approximate surface area is 162 Å². The number of nitrogens with zero attached hydrogens (tertiary/aromatic N) is 2. The van der Waals surface area contributed by atoms with Gasteiger partial charge >= 0.3 is 0 Å². The predicted molar refractivity (Wildman–Crippen MR) is 110 cm³/mol. The van der Waals surface area contributed by atoms with E-state index in [1.165, 1.54) is 0 Å². The summed E-state index contributed by atoms with van der Waals surface area (Å²) < 4.78 is 0. The number of nitrogens with one attached hydrogen (secondary N) is 2. The van der Waals surface area contributed by atoms with Gasteiger partial charge in [0.05, 0.1) is 23.9 Å². The molecule has 142 valence electrons. The molecule has 28 heavy (non-hydrogen) atoms. The van der Waals surface area contributed by atoms with Crippen molar-refractivity contribution in [1.29, 1.82) is 0 Å². The van der Waals surface area contributed by atoms with Gasteiger partial charge in [-0.15, -0.1) is 0 Å². The first-order valence-corrected chi connectivity index (χ1v) is 9.38. The lowest BCUT2D eigenvalue weighted by atomic mass is 10.1. The first-order chi connectivity index (χ1) is 13.6. The number of aromatic nitrogens is 3. The largest absolute Gasteiger partial charge is 0.358 e. The summed E-state index contributed by atoms with van der Waals surface area (Å²) in [6.45, 7) is 4.73. The average molecular weight is 374 g/mol. The number of para-hydroxylation sites is 2. The highest BCUT2D eigenvalue weighted by atomic mass is 16.2. The lowest BCUT2D eigenvalue weighted by Crippen LogP contribution is -2.33. The molecule has 1 amide bonds. The van der Waals surface area contributed by atoms with Crippen LogP contribution in [-0.2, 0) is 17.8 Å². The predicted octanol–water partition coefficient (Wildman–Crippen LogP) is 3.30. The number of carbonyl (C=O) groups is 1. The fourth-order valence-electron chi connectivity index (χ4n) is 3.59. The number of aryl methyl sites for hydroxylation is 1. The number of benzene rings is 2. The number of aromatic amines is 2. The zero-order chi connectivity index (χ0) is 19.7. The molecule has 0 atom stereocenters. The van der Waals surface area contributed by atoms with Crippen molar-refractivity contribution < 1.29 is 4.79 Å². The Bertz CT molecular complexity index is 1220. The molecule has 4 rings (SSSR count). The van der Waals surface area contributed by atoms with E-state index in [9.17, 15) is 9.59 Å².